The van der Waals surface area contributed by atoms with Crippen molar-refractivity contribution in [1.29, 1.82) is 5.26 Å². The zero-order valence-corrected chi connectivity index (χ0v) is 36.1. The van der Waals surface area contributed by atoms with Crippen LogP contribution in [0.3, 0.4) is 0 Å². The number of hydrogen-bond donors (Lipinski definition) is 5. The zero-order valence-electron chi connectivity index (χ0n) is 32.7. The summed E-state index contributed by atoms with van der Waals surface area (Å²) in [6.07, 6.45) is -1.16. The van der Waals surface area contributed by atoms with E-state index in [0.29, 0.717) is 16.7 Å². The predicted molar refractivity (Wildman–Crippen MR) is 223 cm³/mol. The average molecular weight is 920 g/mol. The van der Waals surface area contributed by atoms with Crippen LogP contribution in [0.4, 0.5) is 11.8 Å². The van der Waals surface area contributed by atoms with E-state index in [2.05, 4.69) is 40.5 Å². The van der Waals surface area contributed by atoms with Crippen molar-refractivity contribution < 1.29 is 46.8 Å². The van der Waals surface area contributed by atoms with Gasteiger partial charge in [-0.15, -0.1) is 0 Å². The molecule has 2 aliphatic rings. The summed E-state index contributed by atoms with van der Waals surface area (Å²) < 4.78 is 51.5. The van der Waals surface area contributed by atoms with Crippen LogP contribution in [-0.4, -0.2) is 100 Å². The van der Waals surface area contributed by atoms with Gasteiger partial charge >= 0.3 is 13.9 Å². The number of quaternary nitrogens is 1. The number of carbonyl (C=O) groups is 2. The summed E-state index contributed by atoms with van der Waals surface area (Å²) in [6.45, 7) is -1.23. The fourth-order valence-electron chi connectivity index (χ4n) is 6.42. The van der Waals surface area contributed by atoms with Crippen LogP contribution >= 0.6 is 13.9 Å². The van der Waals surface area contributed by atoms with E-state index in [4.69, 9.17) is 51.6 Å². The van der Waals surface area contributed by atoms with Gasteiger partial charge in [0, 0.05) is 24.3 Å². The number of nitriles is 1. The van der Waals surface area contributed by atoms with Crippen molar-refractivity contribution in [2.45, 2.75) is 70.0 Å². The highest BCUT2D eigenvalue weighted by molar-refractivity contribution is 8.25. The zero-order chi connectivity index (χ0) is 42.6. The minimum atomic E-state index is -3.73. The predicted octanol–water partition coefficient (Wildman–Crippen LogP) is 3.90. The Morgan fingerprint density at radius 1 is 1.08 bits per heavy atom. The summed E-state index contributed by atoms with van der Waals surface area (Å²) in [5, 5.41) is 24.9. The largest absolute Gasteiger partial charge is 0.408 e. The molecule has 324 valence electrons. The van der Waals surface area contributed by atoms with Crippen molar-refractivity contribution >= 4 is 83.9 Å². The fraction of sp³-hybridized carbons (Fsp3) is 0.441. The standard InChI is InChI=1S/C34H37N11O11P2S2.H3N/c1-18(2)30(47)42-34-41-29-26(32(49)43-34)39-17-45(29)33-22(55-57(50)59)11-20(53-33)14-52-58(60,51-10-6-9-35)56-21-12-24(54-23(21)13-46)44-16-38-25-27(36-15-37-28(25)44)40-31(48)19-7-4-3-5-8-19;/h3-5,7-8,15-18,20-24,33,46H,6,10-14H2,1-2H3,(H,36,37,40,48)(H2,41,42,43,47,49);1H3/p+1/t20-,21-,22+,23+,24+,33+,58?;/m0./s1. The number of aromatic amines is 1. The van der Waals surface area contributed by atoms with Crippen LogP contribution in [0.1, 0.15) is 55.9 Å². The minimum absolute atomic E-state index is 0. The molecule has 27 heteroatoms. The highest BCUT2D eigenvalue weighted by Crippen LogP contribution is 2.54. The van der Waals surface area contributed by atoms with Crippen molar-refractivity contribution in [3.63, 3.8) is 0 Å². The number of nitrogens with zero attached hydrogens (tertiary/aromatic N) is 8. The summed E-state index contributed by atoms with van der Waals surface area (Å²) in [5.74, 6) is -1.10. The van der Waals surface area contributed by atoms with E-state index < -0.39 is 68.9 Å². The summed E-state index contributed by atoms with van der Waals surface area (Å²) in [4.78, 5) is 62.1. The van der Waals surface area contributed by atoms with E-state index in [1.165, 1.54) is 23.5 Å². The van der Waals surface area contributed by atoms with Gasteiger partial charge in [-0.25, -0.2) is 19.9 Å². The van der Waals surface area contributed by atoms with E-state index in [1.807, 2.05) is 6.07 Å². The first-order chi connectivity index (χ1) is 28.9. The van der Waals surface area contributed by atoms with E-state index in [-0.39, 0.29) is 73.4 Å². The molecule has 8 N–H and O–H groups in total. The Morgan fingerprint density at radius 3 is 2.56 bits per heavy atom. The summed E-state index contributed by atoms with van der Waals surface area (Å²) in [7, 11) is -2.54. The number of H-pyrrole nitrogens is 1. The smallest absolute Gasteiger partial charge is 0.372 e. The second-order valence-electron chi connectivity index (χ2n) is 13.7. The third kappa shape index (κ3) is 10.5. The number of aliphatic hydroxyl groups is 1. The number of imidazole rings is 2. The molecule has 8 atom stereocenters. The number of anilines is 2. The number of amides is 2. The normalized spacial score (nSPS) is 22.5. The van der Waals surface area contributed by atoms with Gasteiger partial charge in [0.2, 0.25) is 11.9 Å². The van der Waals surface area contributed by atoms with Gasteiger partial charge in [0.1, 0.15) is 18.7 Å². The molecule has 2 fully saturated rings. The van der Waals surface area contributed by atoms with Gasteiger partial charge in [0.05, 0.1) is 57.2 Å². The maximum absolute atomic E-state index is 12.9. The Kier molecular flexibility index (Phi) is 15.0. The molecule has 61 heavy (non-hydrogen) atoms. The number of benzene rings is 1. The first-order valence-corrected chi connectivity index (χ1v) is 23.1. The molecule has 0 spiro atoms. The van der Waals surface area contributed by atoms with Crippen molar-refractivity contribution in [1.82, 2.24) is 45.2 Å². The van der Waals surface area contributed by atoms with Gasteiger partial charge in [-0.05, 0) is 23.9 Å². The molecule has 0 saturated carbocycles. The fourth-order valence-corrected chi connectivity index (χ4v) is 9.31. The average Bonchev–Trinajstić information content (AvgIpc) is 4.03. The number of nitrogens with one attached hydrogen (secondary N) is 3. The molecule has 23 nitrogen and oxygen atoms in total. The van der Waals surface area contributed by atoms with Gasteiger partial charge in [-0.3, -0.25) is 33.8 Å². The van der Waals surface area contributed by atoms with Crippen molar-refractivity contribution in [2.24, 2.45) is 5.92 Å². The lowest BCUT2D eigenvalue weighted by Gasteiger charge is -2.27. The van der Waals surface area contributed by atoms with E-state index in [0.717, 1.165) is 0 Å². The molecule has 0 bridgehead atoms. The lowest BCUT2D eigenvalue weighted by Crippen LogP contribution is -2.28. The molecular formula is C34H41N12O11P2S2+. The first kappa shape index (κ1) is 45.8. The second-order valence-corrected chi connectivity index (χ2v) is 18.2. The highest BCUT2D eigenvalue weighted by atomic mass is 32.7. The topological polar surface area (TPSA) is 318 Å². The Balaban J connectivity index is 0.00000622. The molecule has 2 unspecified atom stereocenters. The molecule has 7 rings (SSSR count). The Hall–Kier alpha value is -4.67. The minimum Gasteiger partial charge on any atom is -0.408 e. The SMILES string of the molecule is CC(C)C(=O)Nc1nc2c(ncn2[C@@H]2O[C@H](COP(=S)(OCCC#N)O[C@H]3C[C@H](n4cnc5c(NC(=O)c6ccccc6)ncnc54)O[C@@H]3CO)C[C@H]2O[P+](=O)[S-])c(=O)[nH]1.[NH4+]. The summed E-state index contributed by atoms with van der Waals surface area (Å²) in [6, 6.07) is 10.6. The molecule has 5 aromatic rings. The van der Waals surface area contributed by atoms with Crippen LogP contribution in [0, 0.1) is 17.2 Å². The Bertz CT molecular complexity index is 2540. The quantitative estimate of drug-likeness (QED) is 0.0502. The van der Waals surface area contributed by atoms with Gasteiger partial charge < -0.3 is 51.9 Å². The number of hydrogen-bond acceptors (Lipinski definition) is 19. The highest BCUT2D eigenvalue weighted by Gasteiger charge is 2.45. The number of rotatable bonds is 17. The van der Waals surface area contributed by atoms with E-state index >= 15 is 0 Å². The molecule has 0 radical (unpaired) electrons. The molecule has 1 aromatic carbocycles. The van der Waals surface area contributed by atoms with E-state index in [1.54, 1.807) is 48.7 Å². The molecule has 2 saturated heterocycles. The Morgan fingerprint density at radius 2 is 1.84 bits per heavy atom. The monoisotopic (exact) mass is 919 g/mol. The molecule has 2 amide bonds. The van der Waals surface area contributed by atoms with Crippen LogP contribution in [0.5, 0.6) is 0 Å². The molecule has 2 aliphatic heterocycles. The number of ether oxygens (including phenoxy) is 2. The van der Waals surface area contributed by atoms with Crippen molar-refractivity contribution in [3.05, 3.63) is 65.2 Å². The van der Waals surface area contributed by atoms with Crippen LogP contribution < -0.4 is 22.3 Å². The van der Waals surface area contributed by atoms with Gasteiger partial charge in [-0.2, -0.15) is 14.8 Å². The maximum atomic E-state index is 12.9. The molecule has 0 aliphatic carbocycles. The summed E-state index contributed by atoms with van der Waals surface area (Å²) >= 11 is 10.7. The van der Waals surface area contributed by atoms with Crippen molar-refractivity contribution in [2.75, 3.05) is 30.5 Å². The number of aromatic nitrogens is 8. The van der Waals surface area contributed by atoms with Crippen molar-refractivity contribution in [3.8, 4) is 6.07 Å². The van der Waals surface area contributed by atoms with Crippen LogP contribution in [0.2, 0.25) is 0 Å². The lowest BCUT2D eigenvalue weighted by atomic mass is 10.2. The maximum Gasteiger partial charge on any atom is 0.372 e. The molecule has 4 aromatic heterocycles. The lowest BCUT2D eigenvalue weighted by molar-refractivity contribution is -0.118. The summed E-state index contributed by atoms with van der Waals surface area (Å²) in [5.41, 5.74) is 0.423. The molecule has 6 heterocycles. The first-order valence-electron chi connectivity index (χ1n) is 18.4. The van der Waals surface area contributed by atoms with Crippen LogP contribution in [0.15, 0.2) is 54.1 Å². The second kappa shape index (κ2) is 20.0. The molecular weight excluding hydrogens is 879 g/mol. The third-order valence-corrected chi connectivity index (χ3v) is 12.4. The number of fused-ring (bicyclic) bond motifs is 2. The van der Waals surface area contributed by atoms with Gasteiger partial charge in [0.15, 0.2) is 40.5 Å². The van der Waals surface area contributed by atoms with Crippen LogP contribution in [0.25, 0.3) is 22.3 Å². The van der Waals surface area contributed by atoms with Gasteiger partial charge in [0.25, 0.3) is 11.5 Å². The number of aliphatic hydroxyl groups excluding tert-OH is 1. The third-order valence-electron chi connectivity index (χ3n) is 9.28. The number of carbonyl (C=O) groups excluding carboxylic acids is 2. The Labute approximate surface area is 357 Å². The van der Waals surface area contributed by atoms with Gasteiger partial charge in [-0.1, -0.05) is 36.6 Å². The van der Waals surface area contributed by atoms with Crippen LogP contribution in [-0.2, 0) is 61.0 Å². The van der Waals surface area contributed by atoms with E-state index in [9.17, 15) is 29.3 Å².